The molecule has 0 amide bonds. The van der Waals surface area contributed by atoms with Crippen molar-refractivity contribution >= 4 is 28.1 Å². The van der Waals surface area contributed by atoms with Gasteiger partial charge in [0.2, 0.25) is 0 Å². The average Bonchev–Trinajstić information content (AvgIpc) is 2.72. The maximum absolute atomic E-state index is 10.9. The van der Waals surface area contributed by atoms with Crippen LogP contribution >= 0.6 is 11.3 Å². The van der Waals surface area contributed by atoms with Crippen LogP contribution in [0.2, 0.25) is 0 Å². The van der Waals surface area contributed by atoms with Crippen molar-refractivity contribution in [3.63, 3.8) is 0 Å². The summed E-state index contributed by atoms with van der Waals surface area (Å²) in [5.74, 6) is -0.909. The van der Waals surface area contributed by atoms with Crippen molar-refractivity contribution in [1.29, 1.82) is 0 Å². The molecule has 2 N–H and O–H groups in total. The standard InChI is InChI=1S/C14H16N2O2S/c1-4-11-9(3)19-14(15-11)16-12-6-5-10(13(17)18)7-8(12)2/h5-7H,4H2,1-3H3,(H,15,16)(H,17,18). The number of aromatic carboxylic acids is 1. The quantitative estimate of drug-likeness (QED) is 0.892. The molecule has 0 aliphatic rings. The van der Waals surface area contributed by atoms with Gasteiger partial charge in [0, 0.05) is 10.6 Å². The van der Waals surface area contributed by atoms with Gasteiger partial charge in [-0.2, -0.15) is 0 Å². The molecule has 0 fully saturated rings. The summed E-state index contributed by atoms with van der Waals surface area (Å²) in [6, 6.07) is 5.03. The summed E-state index contributed by atoms with van der Waals surface area (Å²) in [6.45, 7) is 6.02. The number of nitrogens with zero attached hydrogens (tertiary/aromatic N) is 1. The van der Waals surface area contributed by atoms with Gasteiger partial charge in [0.25, 0.3) is 0 Å². The lowest BCUT2D eigenvalue weighted by Crippen LogP contribution is -1.99. The number of anilines is 2. The minimum absolute atomic E-state index is 0.299. The van der Waals surface area contributed by atoms with Crippen molar-refractivity contribution in [2.75, 3.05) is 5.32 Å². The fourth-order valence-electron chi connectivity index (χ4n) is 1.86. The molecule has 0 radical (unpaired) electrons. The van der Waals surface area contributed by atoms with Crippen molar-refractivity contribution in [1.82, 2.24) is 4.98 Å². The first kappa shape index (κ1) is 13.5. The van der Waals surface area contributed by atoms with E-state index < -0.39 is 5.97 Å². The molecule has 0 unspecified atom stereocenters. The van der Waals surface area contributed by atoms with E-state index in [1.807, 2.05) is 6.92 Å². The molecular weight excluding hydrogens is 260 g/mol. The molecule has 0 spiro atoms. The Morgan fingerprint density at radius 1 is 1.42 bits per heavy atom. The molecule has 0 atom stereocenters. The molecule has 0 bridgehead atoms. The van der Waals surface area contributed by atoms with Gasteiger partial charge in [-0.1, -0.05) is 6.92 Å². The lowest BCUT2D eigenvalue weighted by Gasteiger charge is -2.07. The third-order valence-corrected chi connectivity index (χ3v) is 3.87. The molecule has 1 heterocycles. The monoisotopic (exact) mass is 276 g/mol. The van der Waals surface area contributed by atoms with E-state index in [9.17, 15) is 4.79 Å². The van der Waals surface area contributed by atoms with Crippen LogP contribution in [0.15, 0.2) is 18.2 Å². The van der Waals surface area contributed by atoms with Gasteiger partial charge in [0.15, 0.2) is 5.13 Å². The third kappa shape index (κ3) is 2.93. The minimum atomic E-state index is -0.909. The third-order valence-electron chi connectivity index (χ3n) is 2.94. The fourth-order valence-corrected chi connectivity index (χ4v) is 2.78. The highest BCUT2D eigenvalue weighted by atomic mass is 32.1. The van der Waals surface area contributed by atoms with Gasteiger partial charge in [-0.15, -0.1) is 11.3 Å². The molecule has 0 saturated heterocycles. The Labute approximate surface area is 116 Å². The Balaban J connectivity index is 2.25. The van der Waals surface area contributed by atoms with E-state index in [0.717, 1.165) is 28.5 Å². The second-order valence-electron chi connectivity index (χ2n) is 4.34. The van der Waals surface area contributed by atoms with Gasteiger partial charge in [-0.05, 0) is 44.0 Å². The summed E-state index contributed by atoms with van der Waals surface area (Å²) in [4.78, 5) is 16.6. The Kier molecular flexibility index (Phi) is 3.85. The molecule has 5 heteroatoms. The van der Waals surface area contributed by atoms with Crippen molar-refractivity contribution in [2.24, 2.45) is 0 Å². The molecule has 1 aromatic heterocycles. The van der Waals surface area contributed by atoms with Crippen LogP contribution in [0.1, 0.15) is 33.4 Å². The number of carboxylic acids is 1. The molecule has 1 aromatic carbocycles. The first-order chi connectivity index (χ1) is 9.01. The molecule has 100 valence electrons. The lowest BCUT2D eigenvalue weighted by molar-refractivity contribution is 0.0697. The number of benzene rings is 1. The number of aromatic nitrogens is 1. The van der Waals surface area contributed by atoms with Crippen LogP contribution in [-0.2, 0) is 6.42 Å². The summed E-state index contributed by atoms with van der Waals surface area (Å²) >= 11 is 1.61. The normalized spacial score (nSPS) is 10.5. The summed E-state index contributed by atoms with van der Waals surface area (Å²) < 4.78 is 0. The van der Waals surface area contributed by atoms with Crippen molar-refractivity contribution in [3.05, 3.63) is 39.9 Å². The van der Waals surface area contributed by atoms with Gasteiger partial charge < -0.3 is 10.4 Å². The fraction of sp³-hybridized carbons (Fsp3) is 0.286. The Bertz CT molecular complexity index is 620. The zero-order valence-corrected chi connectivity index (χ0v) is 12.0. The predicted octanol–water partition coefficient (Wildman–Crippen LogP) is 3.76. The van der Waals surface area contributed by atoms with E-state index in [-0.39, 0.29) is 0 Å². The highest BCUT2D eigenvalue weighted by molar-refractivity contribution is 7.15. The molecule has 0 aliphatic heterocycles. The van der Waals surface area contributed by atoms with Crippen LogP contribution < -0.4 is 5.32 Å². The van der Waals surface area contributed by atoms with Crippen molar-refractivity contribution in [2.45, 2.75) is 27.2 Å². The van der Waals surface area contributed by atoms with E-state index in [1.165, 1.54) is 4.88 Å². The molecular formula is C14H16N2O2S. The lowest BCUT2D eigenvalue weighted by atomic mass is 10.1. The summed E-state index contributed by atoms with van der Waals surface area (Å²) in [6.07, 6.45) is 0.918. The Morgan fingerprint density at radius 3 is 2.68 bits per heavy atom. The number of nitrogens with one attached hydrogen (secondary N) is 1. The topological polar surface area (TPSA) is 62.2 Å². The number of rotatable bonds is 4. The zero-order chi connectivity index (χ0) is 14.0. The van der Waals surface area contributed by atoms with E-state index in [2.05, 4.69) is 24.1 Å². The van der Waals surface area contributed by atoms with E-state index in [4.69, 9.17) is 5.11 Å². The number of hydrogen-bond donors (Lipinski definition) is 2. The molecule has 4 nitrogen and oxygen atoms in total. The average molecular weight is 276 g/mol. The smallest absolute Gasteiger partial charge is 0.335 e. The van der Waals surface area contributed by atoms with Gasteiger partial charge in [-0.25, -0.2) is 9.78 Å². The first-order valence-corrected chi connectivity index (χ1v) is 6.90. The van der Waals surface area contributed by atoms with Crippen LogP contribution in [0.4, 0.5) is 10.8 Å². The number of carbonyl (C=O) groups is 1. The summed E-state index contributed by atoms with van der Waals surface area (Å²) in [7, 11) is 0. The van der Waals surface area contributed by atoms with Gasteiger partial charge in [0.05, 0.1) is 11.3 Å². The predicted molar refractivity (Wildman–Crippen MR) is 77.7 cm³/mol. The maximum atomic E-state index is 10.9. The SMILES string of the molecule is CCc1nc(Nc2ccc(C(=O)O)cc2C)sc1C. The van der Waals surface area contributed by atoms with Crippen LogP contribution in [-0.4, -0.2) is 16.1 Å². The number of aryl methyl sites for hydroxylation is 3. The van der Waals surface area contributed by atoms with E-state index in [0.29, 0.717) is 5.56 Å². The van der Waals surface area contributed by atoms with Gasteiger partial charge in [0.1, 0.15) is 0 Å². The zero-order valence-electron chi connectivity index (χ0n) is 11.2. The maximum Gasteiger partial charge on any atom is 0.335 e. The van der Waals surface area contributed by atoms with Crippen LogP contribution in [0.25, 0.3) is 0 Å². The molecule has 0 saturated carbocycles. The second-order valence-corrected chi connectivity index (χ2v) is 5.54. The molecule has 2 rings (SSSR count). The second kappa shape index (κ2) is 5.40. The number of hydrogen-bond acceptors (Lipinski definition) is 4. The Morgan fingerprint density at radius 2 is 2.16 bits per heavy atom. The number of thiazole rings is 1. The van der Waals surface area contributed by atoms with E-state index >= 15 is 0 Å². The van der Waals surface area contributed by atoms with E-state index in [1.54, 1.807) is 29.5 Å². The van der Waals surface area contributed by atoms with Gasteiger partial charge >= 0.3 is 5.97 Å². The molecule has 2 aromatic rings. The van der Waals surface area contributed by atoms with Crippen molar-refractivity contribution < 1.29 is 9.90 Å². The highest BCUT2D eigenvalue weighted by Gasteiger charge is 2.09. The summed E-state index contributed by atoms with van der Waals surface area (Å²) in [5, 5.41) is 13.0. The highest BCUT2D eigenvalue weighted by Crippen LogP contribution is 2.27. The summed E-state index contributed by atoms with van der Waals surface area (Å²) in [5.41, 5.74) is 3.19. The molecule has 19 heavy (non-hydrogen) atoms. The van der Waals surface area contributed by atoms with Crippen LogP contribution in [0.5, 0.6) is 0 Å². The van der Waals surface area contributed by atoms with Crippen LogP contribution in [0, 0.1) is 13.8 Å². The first-order valence-electron chi connectivity index (χ1n) is 6.08. The number of carboxylic acid groups (broad SMARTS) is 1. The van der Waals surface area contributed by atoms with Crippen LogP contribution in [0.3, 0.4) is 0 Å². The molecule has 0 aliphatic carbocycles. The minimum Gasteiger partial charge on any atom is -0.478 e. The van der Waals surface area contributed by atoms with Gasteiger partial charge in [-0.3, -0.25) is 0 Å². The van der Waals surface area contributed by atoms with Crippen molar-refractivity contribution in [3.8, 4) is 0 Å². The largest absolute Gasteiger partial charge is 0.478 e. The Hall–Kier alpha value is -1.88.